The van der Waals surface area contributed by atoms with Gasteiger partial charge in [-0.05, 0) is 98.2 Å². The molecule has 5 rings (SSSR count). The molecule has 0 fully saturated rings. The zero-order chi connectivity index (χ0) is 41.6. The third-order valence-electron chi connectivity index (χ3n) is 12.5. The van der Waals surface area contributed by atoms with Crippen LogP contribution in [0.3, 0.4) is 0 Å². The average molecular weight is 991 g/mol. The number of hydrogen-bond acceptors (Lipinski definition) is 6. The van der Waals surface area contributed by atoms with E-state index in [1.54, 1.807) is 45.3 Å². The Bertz CT molecular complexity index is 1770. The van der Waals surface area contributed by atoms with Gasteiger partial charge in [0.25, 0.3) is 0 Å². The van der Waals surface area contributed by atoms with E-state index in [9.17, 15) is 9.59 Å². The van der Waals surface area contributed by atoms with Crippen molar-refractivity contribution in [2.75, 3.05) is 0 Å². The predicted molar refractivity (Wildman–Crippen MR) is 265 cm³/mol. The van der Waals surface area contributed by atoms with Gasteiger partial charge in [-0.2, -0.15) is 0 Å². The number of carbonyl (C=O) groups excluding carboxylic acids is 2. The van der Waals surface area contributed by atoms with Gasteiger partial charge >= 0.3 is 0 Å². The molecule has 0 radical (unpaired) electrons. The van der Waals surface area contributed by atoms with Gasteiger partial charge in [0.2, 0.25) is 5.78 Å². The summed E-state index contributed by atoms with van der Waals surface area (Å²) in [5.41, 5.74) is 4.62. The van der Waals surface area contributed by atoms with Gasteiger partial charge in [0.15, 0.2) is 5.78 Å². The Hall–Kier alpha value is -0.900. The normalized spacial score (nSPS) is 14.3. The molecule has 0 aromatic carbocycles. The van der Waals surface area contributed by atoms with Crippen LogP contribution in [0.25, 0.3) is 19.5 Å². The van der Waals surface area contributed by atoms with Gasteiger partial charge in [-0.3, -0.25) is 9.59 Å². The second-order valence-electron chi connectivity index (χ2n) is 17.2. The molecule has 4 aromatic rings. The van der Waals surface area contributed by atoms with Crippen molar-refractivity contribution >= 4 is 88.8 Å². The Kier molecular flexibility index (Phi) is 20.5. The van der Waals surface area contributed by atoms with Crippen LogP contribution in [0.1, 0.15) is 217 Å². The molecule has 3 atom stereocenters. The second kappa shape index (κ2) is 24.7. The Morgan fingerprint density at radius 3 is 1.38 bits per heavy atom. The van der Waals surface area contributed by atoms with Crippen LogP contribution in [-0.2, 0) is 19.3 Å². The quantitative estimate of drug-likeness (QED) is 0.0468. The molecule has 4 aromatic heterocycles. The Morgan fingerprint density at radius 1 is 0.466 bits per heavy atom. The fourth-order valence-corrected chi connectivity index (χ4v) is 15.1. The highest BCUT2D eigenvalue weighted by molar-refractivity contribution is 9.11. The zero-order valence-electron chi connectivity index (χ0n) is 36.4. The minimum absolute atomic E-state index is 0.0385. The van der Waals surface area contributed by atoms with Gasteiger partial charge in [-0.15, -0.1) is 45.3 Å². The number of rotatable bonds is 28. The predicted octanol–water partition coefficient (Wildman–Crippen LogP) is 19.0. The molecule has 8 heteroatoms. The summed E-state index contributed by atoms with van der Waals surface area (Å²) >= 11 is 14.8. The molecule has 4 heterocycles. The van der Waals surface area contributed by atoms with Crippen LogP contribution >= 0.6 is 77.2 Å². The summed E-state index contributed by atoms with van der Waals surface area (Å²) in [6.07, 6.45) is 28.3. The largest absolute Gasteiger partial charge is 0.288 e. The number of thiophene rings is 4. The Balaban J connectivity index is 1.54. The molecular weight excluding hydrogens is 921 g/mol. The number of unbranched alkanes of at least 4 members (excludes halogenated alkanes) is 9. The van der Waals surface area contributed by atoms with E-state index in [4.69, 9.17) is 0 Å². The van der Waals surface area contributed by atoms with Gasteiger partial charge < -0.3 is 0 Å². The van der Waals surface area contributed by atoms with Crippen LogP contribution in [0.4, 0.5) is 0 Å². The van der Waals surface area contributed by atoms with E-state index in [1.165, 1.54) is 146 Å². The SMILES string of the molecule is CCCCCCC(CCCC)Cc1cc(-c2sc(-c3cc(CC(CCCC)CCCCCC)c(Br)s3)c3c2C(=O)c2cc(CC(CC)CCCC)sc2C3=O)sc1Br. The first-order valence-corrected chi connectivity index (χ1v) is 28.0. The molecule has 0 spiro atoms. The molecule has 320 valence electrons. The molecule has 0 saturated carbocycles. The summed E-state index contributed by atoms with van der Waals surface area (Å²) in [4.78, 5) is 35.8. The molecule has 0 N–H and O–H groups in total. The molecule has 0 bridgehead atoms. The highest BCUT2D eigenvalue weighted by atomic mass is 79.9. The van der Waals surface area contributed by atoms with Crippen molar-refractivity contribution in [3.63, 3.8) is 0 Å². The van der Waals surface area contributed by atoms with Crippen LogP contribution < -0.4 is 0 Å². The molecule has 0 aliphatic heterocycles. The van der Waals surface area contributed by atoms with E-state index >= 15 is 0 Å². The van der Waals surface area contributed by atoms with E-state index in [0.717, 1.165) is 45.2 Å². The van der Waals surface area contributed by atoms with Crippen LogP contribution in [-0.4, -0.2) is 11.6 Å². The molecule has 58 heavy (non-hydrogen) atoms. The molecular formula is C50H70Br2O2S4. The lowest BCUT2D eigenvalue weighted by Gasteiger charge is -2.16. The molecule has 1 aliphatic rings. The maximum atomic E-state index is 14.9. The van der Waals surface area contributed by atoms with Crippen LogP contribution in [0.15, 0.2) is 25.8 Å². The number of halogens is 2. The van der Waals surface area contributed by atoms with Crippen molar-refractivity contribution < 1.29 is 9.59 Å². The zero-order valence-corrected chi connectivity index (χ0v) is 42.9. The lowest BCUT2D eigenvalue weighted by Crippen LogP contribution is -2.18. The summed E-state index contributed by atoms with van der Waals surface area (Å²) in [7, 11) is 0. The first kappa shape index (κ1) is 48.1. The van der Waals surface area contributed by atoms with Crippen molar-refractivity contribution in [2.24, 2.45) is 17.8 Å². The smallest absolute Gasteiger partial charge is 0.205 e. The summed E-state index contributed by atoms with van der Waals surface area (Å²) in [5, 5.41) is 0. The van der Waals surface area contributed by atoms with E-state index in [0.29, 0.717) is 39.3 Å². The molecule has 2 nitrogen and oxygen atoms in total. The Morgan fingerprint density at radius 2 is 0.914 bits per heavy atom. The molecule has 1 aliphatic carbocycles. The monoisotopic (exact) mass is 988 g/mol. The highest BCUT2D eigenvalue weighted by Crippen LogP contribution is 2.52. The summed E-state index contributed by atoms with van der Waals surface area (Å²) in [6, 6.07) is 6.80. The van der Waals surface area contributed by atoms with Gasteiger partial charge in [-0.1, -0.05) is 170 Å². The van der Waals surface area contributed by atoms with Crippen LogP contribution in [0.2, 0.25) is 0 Å². The van der Waals surface area contributed by atoms with Gasteiger partial charge in [0.1, 0.15) is 0 Å². The van der Waals surface area contributed by atoms with Crippen molar-refractivity contribution in [3.05, 3.63) is 63.3 Å². The third-order valence-corrected chi connectivity index (χ3v) is 19.1. The Labute approximate surface area is 385 Å². The fraction of sp³-hybridized carbons (Fsp3) is 0.640. The maximum absolute atomic E-state index is 14.9. The average Bonchev–Trinajstić information content (AvgIpc) is 4.01. The van der Waals surface area contributed by atoms with Gasteiger partial charge in [0, 0.05) is 20.2 Å². The number of ketones is 2. The van der Waals surface area contributed by atoms with Crippen LogP contribution in [0.5, 0.6) is 0 Å². The summed E-state index contributed by atoms with van der Waals surface area (Å²) in [6.45, 7) is 13.7. The topological polar surface area (TPSA) is 34.1 Å². The lowest BCUT2D eigenvalue weighted by molar-refractivity contribution is 0.0984. The molecule has 0 amide bonds. The second-order valence-corrected chi connectivity index (χ2v) is 24.1. The maximum Gasteiger partial charge on any atom is 0.205 e. The lowest BCUT2D eigenvalue weighted by atomic mass is 9.87. The first-order valence-electron chi connectivity index (χ1n) is 23.1. The number of carbonyl (C=O) groups is 2. The van der Waals surface area contributed by atoms with Gasteiger partial charge in [-0.25, -0.2) is 0 Å². The van der Waals surface area contributed by atoms with Crippen LogP contribution in [0, 0.1) is 17.8 Å². The highest BCUT2D eigenvalue weighted by Gasteiger charge is 2.39. The van der Waals surface area contributed by atoms with E-state index in [1.807, 2.05) is 0 Å². The molecule has 0 saturated heterocycles. The van der Waals surface area contributed by atoms with Crippen molar-refractivity contribution in [1.82, 2.24) is 0 Å². The third kappa shape index (κ3) is 12.6. The number of fused-ring (bicyclic) bond motifs is 2. The molecule has 3 unspecified atom stereocenters. The summed E-state index contributed by atoms with van der Waals surface area (Å²) < 4.78 is 2.34. The first-order chi connectivity index (χ1) is 28.2. The fourth-order valence-electron chi connectivity index (χ4n) is 8.91. The van der Waals surface area contributed by atoms with E-state index in [-0.39, 0.29) is 11.6 Å². The number of hydrogen-bond donors (Lipinski definition) is 0. The van der Waals surface area contributed by atoms with Gasteiger partial charge in [0.05, 0.1) is 33.3 Å². The minimum atomic E-state index is 0.0385. The minimum Gasteiger partial charge on any atom is -0.288 e. The van der Waals surface area contributed by atoms with E-state index in [2.05, 4.69) is 91.6 Å². The van der Waals surface area contributed by atoms with E-state index < -0.39 is 0 Å². The van der Waals surface area contributed by atoms with Crippen molar-refractivity contribution in [3.8, 4) is 19.5 Å². The summed E-state index contributed by atoms with van der Waals surface area (Å²) in [5.74, 6) is 1.99. The standard InChI is InChI=1S/C50H70Br2O2S4/c1-7-13-18-20-25-34(23-16-10-4)27-36-30-40(56-49(36)51)47-42-43(45(54)46-39(44(42)53)32-38(55-46)29-33(12-6)22-15-9-3)48(58-47)41-31-37(50(52)57-41)28-35(24-17-11-5)26-21-19-14-8-2/h30-35H,7-29H2,1-6H3. The van der Waals surface area contributed by atoms with Crippen molar-refractivity contribution in [2.45, 2.75) is 189 Å². The van der Waals surface area contributed by atoms with Crippen molar-refractivity contribution in [1.29, 1.82) is 0 Å².